The van der Waals surface area contributed by atoms with Gasteiger partial charge in [0.15, 0.2) is 0 Å². The SMILES string of the molecule is CCOC(=O)CC(C)c1nsnc1OCC(O)CNCCNC(=O)c1ccccc1. The highest BCUT2D eigenvalue weighted by Gasteiger charge is 2.21. The predicted octanol–water partition coefficient (Wildman–Crippen LogP) is 1.35. The molecule has 1 amide bonds. The molecule has 0 radical (unpaired) electrons. The highest BCUT2D eigenvalue weighted by molar-refractivity contribution is 6.99. The molecular weight excluding hydrogens is 408 g/mol. The van der Waals surface area contributed by atoms with E-state index in [9.17, 15) is 14.7 Å². The van der Waals surface area contributed by atoms with Crippen molar-refractivity contribution in [2.24, 2.45) is 0 Å². The summed E-state index contributed by atoms with van der Waals surface area (Å²) in [6, 6.07) is 8.97. The fourth-order valence-corrected chi connectivity index (χ4v) is 3.22. The van der Waals surface area contributed by atoms with Crippen LogP contribution in [0.4, 0.5) is 0 Å². The third-order valence-corrected chi connectivity index (χ3v) is 4.67. The number of esters is 1. The van der Waals surface area contributed by atoms with Gasteiger partial charge in [-0.25, -0.2) is 0 Å². The number of aliphatic hydroxyl groups excluding tert-OH is 1. The summed E-state index contributed by atoms with van der Waals surface area (Å²) in [6.07, 6.45) is -0.571. The lowest BCUT2D eigenvalue weighted by Crippen LogP contribution is -2.37. The molecule has 9 nitrogen and oxygen atoms in total. The van der Waals surface area contributed by atoms with E-state index in [1.54, 1.807) is 19.1 Å². The van der Waals surface area contributed by atoms with Crippen molar-refractivity contribution in [3.8, 4) is 5.88 Å². The summed E-state index contributed by atoms with van der Waals surface area (Å²) in [5, 5.41) is 15.9. The Kier molecular flexibility index (Phi) is 10.2. The number of carbonyl (C=O) groups is 2. The zero-order chi connectivity index (χ0) is 21.8. The number of aromatic nitrogens is 2. The molecule has 0 aliphatic heterocycles. The van der Waals surface area contributed by atoms with Crippen molar-refractivity contribution in [2.45, 2.75) is 32.3 Å². The highest BCUT2D eigenvalue weighted by Crippen LogP contribution is 2.27. The van der Waals surface area contributed by atoms with Gasteiger partial charge in [-0.1, -0.05) is 25.1 Å². The number of amides is 1. The summed E-state index contributed by atoms with van der Waals surface area (Å²) in [7, 11) is 0. The first-order chi connectivity index (χ1) is 14.5. The predicted molar refractivity (Wildman–Crippen MR) is 113 cm³/mol. The van der Waals surface area contributed by atoms with Gasteiger partial charge in [-0.05, 0) is 19.1 Å². The largest absolute Gasteiger partial charge is 0.473 e. The number of hydrogen-bond donors (Lipinski definition) is 3. The average Bonchev–Trinajstić information content (AvgIpc) is 3.21. The van der Waals surface area contributed by atoms with Crippen molar-refractivity contribution in [3.05, 3.63) is 41.6 Å². The lowest BCUT2D eigenvalue weighted by Gasteiger charge is -2.14. The summed E-state index contributed by atoms with van der Waals surface area (Å²) in [5.41, 5.74) is 1.19. The molecule has 0 aliphatic carbocycles. The van der Waals surface area contributed by atoms with Crippen LogP contribution >= 0.6 is 11.7 Å². The van der Waals surface area contributed by atoms with Crippen molar-refractivity contribution in [3.63, 3.8) is 0 Å². The Balaban J connectivity index is 1.64. The van der Waals surface area contributed by atoms with Crippen LogP contribution in [0.2, 0.25) is 0 Å². The van der Waals surface area contributed by atoms with Gasteiger partial charge in [0, 0.05) is 31.1 Å². The fourth-order valence-electron chi connectivity index (χ4n) is 2.61. The maximum Gasteiger partial charge on any atom is 0.306 e. The normalized spacial score (nSPS) is 12.8. The summed E-state index contributed by atoms with van der Waals surface area (Å²) in [4.78, 5) is 23.6. The lowest BCUT2D eigenvalue weighted by atomic mass is 10.0. The molecule has 0 spiro atoms. The molecule has 0 fully saturated rings. The Morgan fingerprint density at radius 3 is 2.70 bits per heavy atom. The minimum atomic E-state index is -0.760. The Bertz CT molecular complexity index is 787. The van der Waals surface area contributed by atoms with E-state index in [4.69, 9.17) is 9.47 Å². The number of nitrogens with one attached hydrogen (secondary N) is 2. The van der Waals surface area contributed by atoms with Gasteiger partial charge in [-0.15, -0.1) is 4.37 Å². The molecular formula is C20H28N4O5S. The zero-order valence-corrected chi connectivity index (χ0v) is 18.0. The number of carbonyl (C=O) groups excluding carboxylic acids is 2. The lowest BCUT2D eigenvalue weighted by molar-refractivity contribution is -0.143. The molecule has 164 valence electrons. The van der Waals surface area contributed by atoms with Crippen molar-refractivity contribution in [1.29, 1.82) is 0 Å². The second kappa shape index (κ2) is 12.9. The van der Waals surface area contributed by atoms with Crippen LogP contribution in [0.3, 0.4) is 0 Å². The zero-order valence-electron chi connectivity index (χ0n) is 17.2. The molecule has 3 N–H and O–H groups in total. The summed E-state index contributed by atoms with van der Waals surface area (Å²) in [6.45, 7) is 5.22. The molecule has 2 rings (SSSR count). The van der Waals surface area contributed by atoms with E-state index >= 15 is 0 Å². The molecule has 2 atom stereocenters. The van der Waals surface area contributed by atoms with Gasteiger partial charge >= 0.3 is 5.97 Å². The first kappa shape index (κ1) is 23.7. The van der Waals surface area contributed by atoms with E-state index < -0.39 is 6.10 Å². The molecule has 2 unspecified atom stereocenters. The van der Waals surface area contributed by atoms with Crippen molar-refractivity contribution in [2.75, 3.05) is 32.8 Å². The maximum atomic E-state index is 11.9. The summed E-state index contributed by atoms with van der Waals surface area (Å²) in [5.74, 6) is -0.304. The second-order valence-electron chi connectivity index (χ2n) is 6.66. The Hall–Kier alpha value is -2.56. The van der Waals surface area contributed by atoms with Gasteiger partial charge in [0.1, 0.15) is 18.4 Å². The van der Waals surface area contributed by atoms with Crippen molar-refractivity contribution < 1.29 is 24.2 Å². The summed E-state index contributed by atoms with van der Waals surface area (Å²) >= 11 is 0.997. The van der Waals surface area contributed by atoms with Crippen molar-refractivity contribution >= 4 is 23.6 Å². The van der Waals surface area contributed by atoms with Crippen LogP contribution in [0.5, 0.6) is 5.88 Å². The standard InChI is InChI=1S/C20H28N4O5S/c1-3-28-17(26)11-14(2)18-20(24-30-23-18)29-13-16(25)12-21-9-10-22-19(27)15-7-5-4-6-8-15/h4-8,14,16,21,25H,3,9-13H2,1-2H3,(H,22,27). The number of hydrogen-bond acceptors (Lipinski definition) is 9. The number of rotatable bonds is 13. The molecule has 2 aromatic rings. The van der Waals surface area contributed by atoms with E-state index in [0.717, 1.165) is 11.7 Å². The molecule has 1 aromatic carbocycles. The smallest absolute Gasteiger partial charge is 0.306 e. The Morgan fingerprint density at radius 1 is 1.20 bits per heavy atom. The van der Waals surface area contributed by atoms with Gasteiger partial charge in [0.2, 0.25) is 5.88 Å². The van der Waals surface area contributed by atoms with E-state index in [0.29, 0.717) is 43.4 Å². The fraction of sp³-hybridized carbons (Fsp3) is 0.500. The monoisotopic (exact) mass is 436 g/mol. The van der Waals surface area contributed by atoms with Crippen LogP contribution in [0.1, 0.15) is 42.2 Å². The molecule has 0 saturated heterocycles. The molecule has 0 bridgehead atoms. The summed E-state index contributed by atoms with van der Waals surface area (Å²) < 4.78 is 18.8. The molecule has 0 saturated carbocycles. The van der Waals surface area contributed by atoms with Crippen LogP contribution in [-0.4, -0.2) is 64.7 Å². The number of benzene rings is 1. The van der Waals surface area contributed by atoms with Crippen LogP contribution in [0.15, 0.2) is 30.3 Å². The highest BCUT2D eigenvalue weighted by atomic mass is 32.1. The number of aliphatic hydroxyl groups is 1. The van der Waals surface area contributed by atoms with Crippen LogP contribution in [-0.2, 0) is 9.53 Å². The van der Waals surface area contributed by atoms with Crippen molar-refractivity contribution in [1.82, 2.24) is 19.4 Å². The quantitative estimate of drug-likeness (QED) is 0.318. The number of nitrogens with zero attached hydrogens (tertiary/aromatic N) is 2. The minimum absolute atomic E-state index is 0.0356. The Labute approximate surface area is 180 Å². The third kappa shape index (κ3) is 8.05. The molecule has 0 aliphatic rings. The van der Waals surface area contributed by atoms with Gasteiger partial charge < -0.3 is 25.2 Å². The number of ether oxygens (including phenoxy) is 2. The van der Waals surface area contributed by atoms with Crippen LogP contribution in [0, 0.1) is 0 Å². The van der Waals surface area contributed by atoms with Gasteiger partial charge in [0.05, 0.1) is 24.8 Å². The van der Waals surface area contributed by atoms with Gasteiger partial charge in [-0.2, -0.15) is 4.37 Å². The molecule has 30 heavy (non-hydrogen) atoms. The van der Waals surface area contributed by atoms with E-state index in [2.05, 4.69) is 19.4 Å². The van der Waals surface area contributed by atoms with Gasteiger partial charge in [-0.3, -0.25) is 9.59 Å². The Morgan fingerprint density at radius 2 is 1.97 bits per heavy atom. The molecule has 1 aromatic heterocycles. The molecule has 1 heterocycles. The average molecular weight is 437 g/mol. The second-order valence-corrected chi connectivity index (χ2v) is 7.18. The van der Waals surface area contributed by atoms with E-state index in [1.807, 2.05) is 25.1 Å². The maximum absolute atomic E-state index is 11.9. The first-order valence-corrected chi connectivity index (χ1v) is 10.6. The third-order valence-electron chi connectivity index (χ3n) is 4.14. The van der Waals surface area contributed by atoms with Gasteiger partial charge in [0.25, 0.3) is 5.91 Å². The van der Waals surface area contributed by atoms with E-state index in [-0.39, 0.29) is 30.8 Å². The first-order valence-electron chi connectivity index (χ1n) is 9.84. The van der Waals surface area contributed by atoms with Crippen LogP contribution in [0.25, 0.3) is 0 Å². The minimum Gasteiger partial charge on any atom is -0.473 e. The topological polar surface area (TPSA) is 123 Å². The van der Waals surface area contributed by atoms with Crippen LogP contribution < -0.4 is 15.4 Å². The molecule has 10 heteroatoms. The van der Waals surface area contributed by atoms with E-state index in [1.165, 1.54) is 0 Å².